The fourth-order valence-corrected chi connectivity index (χ4v) is 5.68. The average Bonchev–Trinajstić information content (AvgIpc) is 3.51. The Balaban J connectivity index is 1.37. The first-order chi connectivity index (χ1) is 21.1. The zero-order chi connectivity index (χ0) is 29.3. The molecular weight excluding hydrogens is 528 g/mol. The van der Waals surface area contributed by atoms with Gasteiger partial charge in [-0.2, -0.15) is 0 Å². The average molecular weight is 557 g/mol. The molecule has 0 saturated heterocycles. The number of nitrogens with zero attached hydrogens (tertiary/aromatic N) is 2. The van der Waals surface area contributed by atoms with Crippen molar-refractivity contribution >= 4 is 45.6 Å². The highest BCUT2D eigenvalue weighted by molar-refractivity contribution is 6.41. The van der Waals surface area contributed by atoms with E-state index < -0.39 is 0 Å². The third kappa shape index (κ3) is 4.51. The highest BCUT2D eigenvalue weighted by Gasteiger charge is 2.40. The summed E-state index contributed by atoms with van der Waals surface area (Å²) in [5.41, 5.74) is 12.3. The van der Waals surface area contributed by atoms with Gasteiger partial charge in [0, 0.05) is 16.8 Å². The molecule has 2 aliphatic rings. The van der Waals surface area contributed by atoms with E-state index in [0.29, 0.717) is 28.4 Å². The predicted molar refractivity (Wildman–Crippen MR) is 176 cm³/mol. The van der Waals surface area contributed by atoms with Crippen LogP contribution in [-0.4, -0.2) is 17.3 Å². The molecule has 0 atom stereocenters. The van der Waals surface area contributed by atoms with Crippen molar-refractivity contribution in [3.63, 3.8) is 0 Å². The van der Waals surface area contributed by atoms with E-state index in [0.717, 1.165) is 39.3 Å². The first kappa shape index (κ1) is 25.9. The number of anilines is 3. The maximum Gasteiger partial charge on any atom is 0.154 e. The van der Waals surface area contributed by atoms with Crippen LogP contribution in [0.2, 0.25) is 0 Å². The molecule has 4 N–H and O–H groups in total. The summed E-state index contributed by atoms with van der Waals surface area (Å²) in [6, 6.07) is 45.3. The first-order valence-corrected chi connectivity index (χ1v) is 14.1. The van der Waals surface area contributed by atoms with Crippen molar-refractivity contribution in [1.29, 1.82) is 16.2 Å². The third-order valence-corrected chi connectivity index (χ3v) is 7.69. The second kappa shape index (κ2) is 10.8. The van der Waals surface area contributed by atoms with Crippen LogP contribution in [0.15, 0.2) is 151 Å². The van der Waals surface area contributed by atoms with Crippen molar-refractivity contribution in [1.82, 2.24) is 5.43 Å². The minimum Gasteiger partial charge on any atom is -0.307 e. The molecule has 0 fully saturated rings. The monoisotopic (exact) mass is 556 g/mol. The van der Waals surface area contributed by atoms with E-state index in [1.807, 2.05) is 140 Å². The van der Waals surface area contributed by atoms with Crippen LogP contribution in [0, 0.1) is 16.2 Å². The van der Waals surface area contributed by atoms with E-state index in [4.69, 9.17) is 5.41 Å². The topological polar surface area (TPSA) is 90.1 Å². The number of nitrogens with one attached hydrogen (secondary N) is 4. The second-order valence-corrected chi connectivity index (χ2v) is 10.3. The number of allylic oxidation sites excluding steroid dienone is 2. The Morgan fingerprint density at radius 2 is 1.12 bits per heavy atom. The van der Waals surface area contributed by atoms with Gasteiger partial charge in [-0.15, -0.1) is 0 Å². The molecule has 0 radical (unpaired) electrons. The Labute approximate surface area is 250 Å². The Morgan fingerprint density at radius 1 is 0.581 bits per heavy atom. The van der Waals surface area contributed by atoms with Crippen LogP contribution in [0.1, 0.15) is 22.3 Å². The zero-order valence-corrected chi connectivity index (χ0v) is 23.3. The van der Waals surface area contributed by atoms with Gasteiger partial charge in [-0.3, -0.25) is 16.2 Å². The minimum absolute atomic E-state index is 0.225. The Kier molecular flexibility index (Phi) is 6.49. The standard InChI is InChI=1S/C37H28N6/c38-30(25-14-4-1-5-15-25)24-31(26-16-6-2-7-17-26)41-43-33-23-13-10-20-28(33)34(37(43)40)36-35(39)29-21-11-12-22-32(29)42(36)27-18-8-3-9-19-27/h1-24,38-41H/b31-24-,36-34+,38-30?,39-35?,40-37?. The molecule has 0 aliphatic carbocycles. The van der Waals surface area contributed by atoms with Gasteiger partial charge in [-0.05, 0) is 41.5 Å². The number of hydrazine groups is 1. The summed E-state index contributed by atoms with van der Waals surface area (Å²) in [5.74, 6) is 0.225. The minimum atomic E-state index is 0.225. The van der Waals surface area contributed by atoms with Gasteiger partial charge in [0.1, 0.15) is 0 Å². The summed E-state index contributed by atoms with van der Waals surface area (Å²) in [7, 11) is 0. The summed E-state index contributed by atoms with van der Waals surface area (Å²) in [6.45, 7) is 0. The first-order valence-electron chi connectivity index (χ1n) is 14.1. The molecule has 6 heteroatoms. The van der Waals surface area contributed by atoms with Crippen LogP contribution in [0.25, 0.3) is 11.3 Å². The van der Waals surface area contributed by atoms with Crippen molar-refractivity contribution in [3.8, 4) is 0 Å². The van der Waals surface area contributed by atoms with Crippen LogP contribution in [-0.2, 0) is 0 Å². The number of amidine groups is 1. The number of hydrogen-bond donors (Lipinski definition) is 4. The van der Waals surface area contributed by atoms with Gasteiger partial charge in [-0.1, -0.05) is 115 Å². The van der Waals surface area contributed by atoms with Gasteiger partial charge in [-0.25, -0.2) is 5.01 Å². The highest BCUT2D eigenvalue weighted by atomic mass is 15.5. The Morgan fingerprint density at radius 3 is 1.79 bits per heavy atom. The summed E-state index contributed by atoms with van der Waals surface area (Å²) >= 11 is 0. The second-order valence-electron chi connectivity index (χ2n) is 10.3. The zero-order valence-electron chi connectivity index (χ0n) is 23.3. The largest absolute Gasteiger partial charge is 0.307 e. The van der Waals surface area contributed by atoms with Gasteiger partial charge < -0.3 is 10.3 Å². The van der Waals surface area contributed by atoms with E-state index in [1.165, 1.54) is 0 Å². The molecule has 6 nitrogen and oxygen atoms in total. The third-order valence-electron chi connectivity index (χ3n) is 7.69. The fraction of sp³-hybridized carbons (Fsp3) is 0. The van der Waals surface area contributed by atoms with Gasteiger partial charge in [0.25, 0.3) is 0 Å². The van der Waals surface area contributed by atoms with Gasteiger partial charge in [0.2, 0.25) is 0 Å². The fourth-order valence-electron chi connectivity index (χ4n) is 5.68. The lowest BCUT2D eigenvalue weighted by molar-refractivity contribution is 0.943. The molecule has 5 aromatic carbocycles. The summed E-state index contributed by atoms with van der Waals surface area (Å²) in [6.07, 6.45) is 1.80. The molecule has 206 valence electrons. The lowest BCUT2D eigenvalue weighted by atomic mass is 10.0. The van der Waals surface area contributed by atoms with Crippen LogP contribution >= 0.6 is 0 Å². The van der Waals surface area contributed by atoms with E-state index in [9.17, 15) is 10.8 Å². The van der Waals surface area contributed by atoms with Crippen LogP contribution in [0.4, 0.5) is 17.1 Å². The SMILES string of the molecule is N=C(/C=C(\NN1C(=N)/C(=C2\C(=N)c3ccccc3N2c2ccccc2)c2ccccc21)c1ccccc1)c1ccccc1. The summed E-state index contributed by atoms with van der Waals surface area (Å²) in [4.78, 5) is 2.08. The molecule has 0 amide bonds. The molecule has 0 spiro atoms. The summed E-state index contributed by atoms with van der Waals surface area (Å²) in [5, 5.41) is 29.5. The number of rotatable bonds is 6. The lowest BCUT2D eigenvalue weighted by Crippen LogP contribution is -2.39. The smallest absolute Gasteiger partial charge is 0.154 e. The number of benzene rings is 5. The van der Waals surface area contributed by atoms with Crippen molar-refractivity contribution in [3.05, 3.63) is 174 Å². The van der Waals surface area contributed by atoms with Crippen LogP contribution < -0.4 is 15.3 Å². The van der Waals surface area contributed by atoms with Crippen molar-refractivity contribution in [2.75, 3.05) is 9.91 Å². The molecule has 7 rings (SSSR count). The molecule has 5 aromatic rings. The van der Waals surface area contributed by atoms with Gasteiger partial charge in [0.15, 0.2) is 5.84 Å². The molecule has 0 saturated carbocycles. The maximum atomic E-state index is 9.57. The quantitative estimate of drug-likeness (QED) is 0.160. The Bertz CT molecular complexity index is 1940. The molecule has 0 unspecified atom stereocenters. The maximum absolute atomic E-state index is 9.57. The van der Waals surface area contributed by atoms with Crippen LogP contribution in [0.3, 0.4) is 0 Å². The predicted octanol–water partition coefficient (Wildman–Crippen LogP) is 8.03. The molecule has 43 heavy (non-hydrogen) atoms. The van der Waals surface area contributed by atoms with Gasteiger partial charge in [0.05, 0.1) is 39.8 Å². The van der Waals surface area contributed by atoms with E-state index in [1.54, 1.807) is 11.1 Å². The Hall–Kier alpha value is -6.01. The molecule has 2 heterocycles. The molecule has 2 aliphatic heterocycles. The number of hydrogen-bond acceptors (Lipinski definition) is 5. The van der Waals surface area contributed by atoms with E-state index in [-0.39, 0.29) is 5.84 Å². The van der Waals surface area contributed by atoms with Gasteiger partial charge >= 0.3 is 0 Å². The van der Waals surface area contributed by atoms with Crippen LogP contribution in [0.5, 0.6) is 0 Å². The molecular formula is C37H28N6. The number of para-hydroxylation sites is 3. The van der Waals surface area contributed by atoms with E-state index in [2.05, 4.69) is 10.3 Å². The summed E-state index contributed by atoms with van der Waals surface area (Å²) < 4.78 is 0. The molecule has 0 aromatic heterocycles. The lowest BCUT2D eigenvalue weighted by Gasteiger charge is -2.25. The van der Waals surface area contributed by atoms with Crippen molar-refractivity contribution in [2.24, 2.45) is 0 Å². The normalized spacial score (nSPS) is 15.9. The number of fused-ring (bicyclic) bond motifs is 2. The molecule has 0 bridgehead atoms. The highest BCUT2D eigenvalue weighted by Crippen LogP contribution is 2.47. The van der Waals surface area contributed by atoms with Crippen molar-refractivity contribution < 1.29 is 0 Å². The van der Waals surface area contributed by atoms with Crippen molar-refractivity contribution in [2.45, 2.75) is 0 Å². The van der Waals surface area contributed by atoms with E-state index >= 15 is 0 Å².